The summed E-state index contributed by atoms with van der Waals surface area (Å²) in [6, 6.07) is -0.531. The van der Waals surface area contributed by atoms with E-state index in [9.17, 15) is 9.90 Å². The van der Waals surface area contributed by atoms with Gasteiger partial charge in [-0.05, 0) is 18.8 Å². The van der Waals surface area contributed by atoms with Gasteiger partial charge in [-0.25, -0.2) is 4.79 Å². The molecule has 0 saturated carbocycles. The molecule has 2 atom stereocenters. The lowest BCUT2D eigenvalue weighted by molar-refractivity contribution is 0.164. The quantitative estimate of drug-likeness (QED) is 0.657. The van der Waals surface area contributed by atoms with Gasteiger partial charge in [-0.2, -0.15) is 0 Å². The third-order valence-corrected chi connectivity index (χ3v) is 2.21. The number of rotatable bonds is 6. The van der Waals surface area contributed by atoms with Gasteiger partial charge in [0.1, 0.15) is 0 Å². The van der Waals surface area contributed by atoms with Crippen LogP contribution in [-0.4, -0.2) is 43.5 Å². The molecule has 0 bridgehead atoms. The van der Waals surface area contributed by atoms with E-state index >= 15 is 0 Å². The maximum Gasteiger partial charge on any atom is 0.315 e. The first-order valence-electron chi connectivity index (χ1n) is 5.95. The Morgan fingerprint density at radius 3 is 2.35 bits per heavy atom. The molecule has 3 N–H and O–H groups in total. The highest BCUT2D eigenvalue weighted by molar-refractivity contribution is 5.74. The van der Waals surface area contributed by atoms with E-state index in [0.29, 0.717) is 6.61 Å². The van der Waals surface area contributed by atoms with Crippen LogP contribution in [0, 0.1) is 5.41 Å². The first-order chi connectivity index (χ1) is 7.78. The van der Waals surface area contributed by atoms with Crippen molar-refractivity contribution in [2.45, 2.75) is 46.2 Å². The number of nitrogens with one attached hydrogen (secondary N) is 2. The second kappa shape index (κ2) is 7.50. The fourth-order valence-electron chi connectivity index (χ4n) is 1.64. The van der Waals surface area contributed by atoms with Gasteiger partial charge in [0, 0.05) is 7.11 Å². The molecule has 2 unspecified atom stereocenters. The largest absolute Gasteiger partial charge is 0.394 e. The van der Waals surface area contributed by atoms with Crippen LogP contribution in [0.4, 0.5) is 4.79 Å². The first kappa shape index (κ1) is 16.2. The molecule has 0 aliphatic rings. The Kier molecular flexibility index (Phi) is 7.15. The van der Waals surface area contributed by atoms with Crippen molar-refractivity contribution in [3.05, 3.63) is 0 Å². The second-order valence-electron chi connectivity index (χ2n) is 5.62. The lowest BCUT2D eigenvalue weighted by Crippen LogP contribution is -2.48. The summed E-state index contributed by atoms with van der Waals surface area (Å²) < 4.78 is 4.92. The molecule has 2 amide bonds. The number of carbonyl (C=O) groups excluding carboxylic acids is 1. The average molecular weight is 246 g/mol. The normalized spacial score (nSPS) is 15.2. The van der Waals surface area contributed by atoms with Gasteiger partial charge in [-0.15, -0.1) is 0 Å². The summed E-state index contributed by atoms with van der Waals surface area (Å²) in [7, 11) is 1.59. The molecule has 0 radical (unpaired) electrons. The molecular formula is C12H26N2O3. The summed E-state index contributed by atoms with van der Waals surface area (Å²) in [5.74, 6) is 0. The maximum atomic E-state index is 11.6. The molecular weight excluding hydrogens is 220 g/mol. The highest BCUT2D eigenvalue weighted by atomic mass is 16.5. The van der Waals surface area contributed by atoms with Crippen LogP contribution in [0.3, 0.4) is 0 Å². The second-order valence-corrected chi connectivity index (χ2v) is 5.62. The van der Waals surface area contributed by atoms with E-state index < -0.39 is 0 Å². The van der Waals surface area contributed by atoms with E-state index in [1.54, 1.807) is 7.11 Å². The van der Waals surface area contributed by atoms with Crippen molar-refractivity contribution in [1.82, 2.24) is 10.6 Å². The Hall–Kier alpha value is -0.810. The summed E-state index contributed by atoms with van der Waals surface area (Å²) >= 11 is 0. The number of methoxy groups -OCH3 is 1. The minimum absolute atomic E-state index is 0.0472. The van der Waals surface area contributed by atoms with Crippen molar-refractivity contribution >= 4 is 6.03 Å². The smallest absolute Gasteiger partial charge is 0.315 e. The number of hydrogen-bond donors (Lipinski definition) is 3. The van der Waals surface area contributed by atoms with Gasteiger partial charge >= 0.3 is 6.03 Å². The third-order valence-electron chi connectivity index (χ3n) is 2.21. The topological polar surface area (TPSA) is 70.6 Å². The van der Waals surface area contributed by atoms with Crippen LogP contribution in [0.5, 0.6) is 0 Å². The number of ether oxygens (including phenoxy) is 1. The van der Waals surface area contributed by atoms with E-state index in [-0.39, 0.29) is 30.1 Å². The summed E-state index contributed by atoms with van der Waals surface area (Å²) in [6.45, 7) is 8.50. The minimum Gasteiger partial charge on any atom is -0.394 e. The molecule has 0 aliphatic carbocycles. The predicted molar refractivity (Wildman–Crippen MR) is 68.0 cm³/mol. The molecule has 5 nitrogen and oxygen atoms in total. The standard InChI is InChI=1S/C12H26N2O3/c1-9(8-17-5)13-11(16)14-10(7-15)6-12(2,3)4/h9-10,15H,6-8H2,1-5H3,(H2,13,14,16). The number of hydrogen-bond acceptors (Lipinski definition) is 3. The van der Waals surface area contributed by atoms with Crippen LogP contribution >= 0.6 is 0 Å². The van der Waals surface area contributed by atoms with Crippen molar-refractivity contribution in [2.75, 3.05) is 20.3 Å². The Morgan fingerprint density at radius 2 is 1.94 bits per heavy atom. The SMILES string of the molecule is COCC(C)NC(=O)NC(CO)CC(C)(C)C. The number of urea groups is 1. The Morgan fingerprint density at radius 1 is 1.35 bits per heavy atom. The van der Waals surface area contributed by atoms with Gasteiger partial charge in [0.15, 0.2) is 0 Å². The Labute approximate surface area is 104 Å². The van der Waals surface area contributed by atoms with Gasteiger partial charge in [0.05, 0.1) is 25.3 Å². The van der Waals surface area contributed by atoms with Crippen molar-refractivity contribution < 1.29 is 14.6 Å². The highest BCUT2D eigenvalue weighted by Gasteiger charge is 2.20. The summed E-state index contributed by atoms with van der Waals surface area (Å²) in [5, 5.41) is 14.7. The molecule has 0 spiro atoms. The van der Waals surface area contributed by atoms with Crippen LogP contribution in [-0.2, 0) is 4.74 Å². The van der Waals surface area contributed by atoms with Crippen molar-refractivity contribution in [1.29, 1.82) is 0 Å². The minimum atomic E-state index is -0.266. The number of aliphatic hydroxyl groups is 1. The lowest BCUT2D eigenvalue weighted by atomic mass is 9.88. The molecule has 0 aromatic heterocycles. The first-order valence-corrected chi connectivity index (χ1v) is 5.95. The molecule has 5 heteroatoms. The summed E-state index contributed by atoms with van der Waals surface area (Å²) in [5.41, 5.74) is 0.0683. The van der Waals surface area contributed by atoms with Crippen LogP contribution in [0.15, 0.2) is 0 Å². The van der Waals surface area contributed by atoms with E-state index in [4.69, 9.17) is 4.74 Å². The third kappa shape index (κ3) is 8.94. The zero-order chi connectivity index (χ0) is 13.5. The van der Waals surface area contributed by atoms with Crippen LogP contribution in [0.1, 0.15) is 34.1 Å². The van der Waals surface area contributed by atoms with Crippen LogP contribution < -0.4 is 10.6 Å². The van der Waals surface area contributed by atoms with Gasteiger partial charge < -0.3 is 20.5 Å². The van der Waals surface area contributed by atoms with E-state index in [1.165, 1.54) is 0 Å². The zero-order valence-corrected chi connectivity index (χ0v) is 11.5. The van der Waals surface area contributed by atoms with E-state index in [2.05, 4.69) is 31.4 Å². The molecule has 102 valence electrons. The van der Waals surface area contributed by atoms with Crippen molar-refractivity contribution in [2.24, 2.45) is 5.41 Å². The van der Waals surface area contributed by atoms with E-state index in [1.807, 2.05) is 6.92 Å². The van der Waals surface area contributed by atoms with Crippen LogP contribution in [0.2, 0.25) is 0 Å². The highest BCUT2D eigenvalue weighted by Crippen LogP contribution is 2.20. The molecule has 17 heavy (non-hydrogen) atoms. The zero-order valence-electron chi connectivity index (χ0n) is 11.5. The maximum absolute atomic E-state index is 11.6. The molecule has 0 aliphatic heterocycles. The van der Waals surface area contributed by atoms with Gasteiger partial charge in [0.2, 0.25) is 0 Å². The number of amides is 2. The average Bonchev–Trinajstić information content (AvgIpc) is 2.14. The Bertz CT molecular complexity index is 226. The summed E-state index contributed by atoms with van der Waals surface area (Å²) in [4.78, 5) is 11.6. The number of carbonyl (C=O) groups is 1. The fraction of sp³-hybridized carbons (Fsp3) is 0.917. The van der Waals surface area contributed by atoms with Gasteiger partial charge in [-0.3, -0.25) is 0 Å². The van der Waals surface area contributed by atoms with Crippen molar-refractivity contribution in [3.8, 4) is 0 Å². The van der Waals surface area contributed by atoms with Gasteiger partial charge in [0.25, 0.3) is 0 Å². The molecule has 0 aromatic carbocycles. The molecule has 0 heterocycles. The summed E-state index contributed by atoms with van der Waals surface area (Å²) in [6.07, 6.45) is 0.732. The van der Waals surface area contributed by atoms with Gasteiger partial charge in [-0.1, -0.05) is 20.8 Å². The van der Waals surface area contributed by atoms with Crippen LogP contribution in [0.25, 0.3) is 0 Å². The predicted octanol–water partition coefficient (Wildman–Crippen LogP) is 1.12. The monoisotopic (exact) mass is 246 g/mol. The van der Waals surface area contributed by atoms with E-state index in [0.717, 1.165) is 6.42 Å². The fourth-order valence-corrected chi connectivity index (χ4v) is 1.64. The molecule has 0 rings (SSSR count). The molecule has 0 saturated heterocycles. The molecule has 0 aromatic rings. The lowest BCUT2D eigenvalue weighted by Gasteiger charge is -2.26. The van der Waals surface area contributed by atoms with Crippen molar-refractivity contribution in [3.63, 3.8) is 0 Å². The Balaban J connectivity index is 4.06. The number of aliphatic hydroxyl groups excluding tert-OH is 1. The molecule has 0 fully saturated rings.